The molecule has 2 aliphatic rings. The SMILES string of the molecule is CNC(=O)c1cn(C2CCC23CCN(CC(C)C)CC3)nn1. The lowest BCUT2D eigenvalue weighted by Crippen LogP contribution is -2.50. The van der Waals surface area contributed by atoms with Crippen LogP contribution in [0.5, 0.6) is 0 Å². The predicted octanol–water partition coefficient (Wildman–Crippen LogP) is 1.71. The Morgan fingerprint density at radius 1 is 1.41 bits per heavy atom. The van der Waals surface area contributed by atoms with E-state index in [-0.39, 0.29) is 5.91 Å². The van der Waals surface area contributed by atoms with Gasteiger partial charge >= 0.3 is 0 Å². The molecule has 1 aromatic rings. The van der Waals surface area contributed by atoms with Crippen molar-refractivity contribution in [2.45, 2.75) is 45.6 Å². The maximum absolute atomic E-state index is 11.6. The van der Waals surface area contributed by atoms with E-state index in [2.05, 4.69) is 34.4 Å². The average molecular weight is 305 g/mol. The summed E-state index contributed by atoms with van der Waals surface area (Å²) in [7, 11) is 1.62. The van der Waals surface area contributed by atoms with E-state index in [0.29, 0.717) is 17.2 Å². The van der Waals surface area contributed by atoms with Gasteiger partial charge in [0, 0.05) is 13.6 Å². The molecule has 2 heterocycles. The number of nitrogens with one attached hydrogen (secondary N) is 1. The third kappa shape index (κ3) is 2.76. The first-order chi connectivity index (χ1) is 10.5. The van der Waals surface area contributed by atoms with Crippen LogP contribution in [0.2, 0.25) is 0 Å². The lowest BCUT2D eigenvalue weighted by atomic mass is 9.59. The predicted molar refractivity (Wildman–Crippen MR) is 84.6 cm³/mol. The molecule has 22 heavy (non-hydrogen) atoms. The molecule has 1 aliphatic heterocycles. The smallest absolute Gasteiger partial charge is 0.273 e. The summed E-state index contributed by atoms with van der Waals surface area (Å²) in [5.74, 6) is 0.572. The van der Waals surface area contributed by atoms with Gasteiger partial charge in [0.05, 0.1) is 12.2 Å². The first kappa shape index (κ1) is 15.5. The number of hydrogen-bond acceptors (Lipinski definition) is 4. The number of aromatic nitrogens is 3. The number of hydrogen-bond donors (Lipinski definition) is 1. The molecule has 6 heteroatoms. The van der Waals surface area contributed by atoms with Crippen LogP contribution in [-0.4, -0.2) is 52.5 Å². The second-order valence-electron chi connectivity index (χ2n) is 7.27. The summed E-state index contributed by atoms with van der Waals surface area (Å²) in [6.45, 7) is 8.14. The normalized spacial score (nSPS) is 24.5. The molecule has 1 unspecified atom stereocenters. The van der Waals surface area contributed by atoms with Crippen LogP contribution in [0, 0.1) is 11.3 Å². The summed E-state index contributed by atoms with van der Waals surface area (Å²) in [6, 6.07) is 0.416. The molecule has 6 nitrogen and oxygen atoms in total. The molecule has 2 fully saturated rings. The van der Waals surface area contributed by atoms with E-state index in [9.17, 15) is 4.79 Å². The summed E-state index contributed by atoms with van der Waals surface area (Å²) in [5.41, 5.74) is 0.794. The second-order valence-corrected chi connectivity index (χ2v) is 7.27. The van der Waals surface area contributed by atoms with Gasteiger partial charge in [-0.15, -0.1) is 5.10 Å². The van der Waals surface area contributed by atoms with Crippen molar-refractivity contribution in [2.24, 2.45) is 11.3 Å². The van der Waals surface area contributed by atoms with Crippen LogP contribution >= 0.6 is 0 Å². The number of amides is 1. The second kappa shape index (κ2) is 5.99. The topological polar surface area (TPSA) is 63.1 Å². The zero-order chi connectivity index (χ0) is 15.7. The highest BCUT2D eigenvalue weighted by molar-refractivity contribution is 5.91. The van der Waals surface area contributed by atoms with Crippen LogP contribution in [-0.2, 0) is 0 Å². The van der Waals surface area contributed by atoms with Gasteiger partial charge < -0.3 is 10.2 Å². The minimum Gasteiger partial charge on any atom is -0.354 e. The summed E-state index contributed by atoms with van der Waals surface area (Å²) >= 11 is 0. The molecule has 1 aliphatic carbocycles. The minimum absolute atomic E-state index is 0.161. The third-order valence-corrected chi connectivity index (χ3v) is 5.39. The quantitative estimate of drug-likeness (QED) is 0.920. The zero-order valence-electron chi connectivity index (χ0n) is 13.9. The molecule has 1 saturated carbocycles. The van der Waals surface area contributed by atoms with Gasteiger partial charge in [-0.25, -0.2) is 4.68 Å². The monoisotopic (exact) mass is 305 g/mol. The number of likely N-dealkylation sites (tertiary alicyclic amines) is 1. The Balaban J connectivity index is 1.65. The fourth-order valence-corrected chi connectivity index (χ4v) is 4.04. The molecular weight excluding hydrogens is 278 g/mol. The van der Waals surface area contributed by atoms with E-state index in [1.807, 2.05) is 10.9 Å². The van der Waals surface area contributed by atoms with Crippen molar-refractivity contribution in [1.82, 2.24) is 25.2 Å². The van der Waals surface area contributed by atoms with Crippen molar-refractivity contribution < 1.29 is 4.79 Å². The van der Waals surface area contributed by atoms with E-state index >= 15 is 0 Å². The highest BCUT2D eigenvalue weighted by atomic mass is 16.1. The van der Waals surface area contributed by atoms with Gasteiger partial charge in [-0.2, -0.15) is 0 Å². The standard InChI is InChI=1S/C16H27N5O/c1-12(2)10-20-8-6-16(7-9-20)5-4-14(16)21-11-13(18-19-21)15(22)17-3/h11-12,14H,4-10H2,1-3H3,(H,17,22). The van der Waals surface area contributed by atoms with E-state index < -0.39 is 0 Å². The molecule has 1 atom stereocenters. The maximum atomic E-state index is 11.6. The van der Waals surface area contributed by atoms with E-state index in [1.54, 1.807) is 7.05 Å². The molecule has 1 saturated heterocycles. The van der Waals surface area contributed by atoms with Crippen molar-refractivity contribution in [2.75, 3.05) is 26.7 Å². The van der Waals surface area contributed by atoms with E-state index in [0.717, 1.165) is 12.3 Å². The number of carbonyl (C=O) groups is 1. The first-order valence-electron chi connectivity index (χ1n) is 8.40. The Labute approximate surface area is 132 Å². The van der Waals surface area contributed by atoms with Gasteiger partial charge in [0.2, 0.25) is 0 Å². The largest absolute Gasteiger partial charge is 0.354 e. The Morgan fingerprint density at radius 2 is 2.14 bits per heavy atom. The van der Waals surface area contributed by atoms with Crippen molar-refractivity contribution in [3.8, 4) is 0 Å². The summed E-state index contributed by atoms with van der Waals surface area (Å²) in [6.07, 6.45) is 6.72. The molecule has 0 aromatic carbocycles. The fraction of sp³-hybridized carbons (Fsp3) is 0.812. The molecular formula is C16H27N5O. The van der Waals surface area contributed by atoms with Crippen molar-refractivity contribution >= 4 is 5.91 Å². The molecule has 1 spiro atoms. The van der Waals surface area contributed by atoms with Crippen LogP contribution in [0.3, 0.4) is 0 Å². The van der Waals surface area contributed by atoms with Crippen LogP contribution in [0.4, 0.5) is 0 Å². The maximum Gasteiger partial charge on any atom is 0.273 e. The number of nitrogens with zero attached hydrogens (tertiary/aromatic N) is 4. The number of piperidine rings is 1. The highest BCUT2D eigenvalue weighted by Crippen LogP contribution is 2.56. The first-order valence-corrected chi connectivity index (χ1v) is 8.40. The van der Waals surface area contributed by atoms with E-state index in [4.69, 9.17) is 0 Å². The summed E-state index contributed by atoms with van der Waals surface area (Å²) in [4.78, 5) is 14.2. The van der Waals surface area contributed by atoms with Crippen molar-refractivity contribution in [3.05, 3.63) is 11.9 Å². The van der Waals surface area contributed by atoms with Crippen LogP contribution in [0.1, 0.15) is 56.1 Å². The highest BCUT2D eigenvalue weighted by Gasteiger charge is 2.49. The van der Waals surface area contributed by atoms with Gasteiger partial charge in [-0.1, -0.05) is 19.1 Å². The number of carbonyl (C=O) groups excluding carboxylic acids is 1. The van der Waals surface area contributed by atoms with Crippen LogP contribution in [0.15, 0.2) is 6.20 Å². The fourth-order valence-electron chi connectivity index (χ4n) is 4.04. The Kier molecular flexibility index (Phi) is 4.21. The summed E-state index contributed by atoms with van der Waals surface area (Å²) in [5, 5.41) is 10.8. The van der Waals surface area contributed by atoms with Gasteiger partial charge in [0.25, 0.3) is 5.91 Å². The van der Waals surface area contributed by atoms with Crippen molar-refractivity contribution in [1.29, 1.82) is 0 Å². The van der Waals surface area contributed by atoms with Gasteiger partial charge in [-0.3, -0.25) is 4.79 Å². The van der Waals surface area contributed by atoms with Crippen molar-refractivity contribution in [3.63, 3.8) is 0 Å². The van der Waals surface area contributed by atoms with Gasteiger partial charge in [0.1, 0.15) is 0 Å². The number of rotatable bonds is 4. The average Bonchev–Trinajstić information content (AvgIpc) is 2.94. The van der Waals surface area contributed by atoms with Gasteiger partial charge in [0.15, 0.2) is 5.69 Å². The summed E-state index contributed by atoms with van der Waals surface area (Å²) < 4.78 is 1.94. The van der Waals surface area contributed by atoms with Crippen LogP contribution in [0.25, 0.3) is 0 Å². The molecule has 122 valence electrons. The lowest BCUT2D eigenvalue weighted by Gasteiger charge is -2.53. The Morgan fingerprint density at radius 3 is 2.68 bits per heavy atom. The molecule has 1 N–H and O–H groups in total. The minimum atomic E-state index is -0.161. The Bertz CT molecular complexity index is 530. The van der Waals surface area contributed by atoms with E-state index in [1.165, 1.54) is 38.9 Å². The molecule has 3 rings (SSSR count). The molecule has 1 aromatic heterocycles. The molecule has 0 bridgehead atoms. The molecule has 1 amide bonds. The zero-order valence-corrected chi connectivity index (χ0v) is 13.9. The molecule has 0 radical (unpaired) electrons. The van der Waals surface area contributed by atoms with Crippen LogP contribution < -0.4 is 5.32 Å². The van der Waals surface area contributed by atoms with Gasteiger partial charge in [-0.05, 0) is 50.1 Å². The Hall–Kier alpha value is -1.43. The lowest BCUT2D eigenvalue weighted by molar-refractivity contribution is -0.0335. The third-order valence-electron chi connectivity index (χ3n) is 5.39.